The second-order valence-electron chi connectivity index (χ2n) is 5.49. The minimum atomic E-state index is -1.02. The summed E-state index contributed by atoms with van der Waals surface area (Å²) in [6.07, 6.45) is -0.0394. The molecule has 1 atom stereocenters. The fourth-order valence-electron chi connectivity index (χ4n) is 1.98. The van der Waals surface area contributed by atoms with Crippen molar-refractivity contribution < 1.29 is 19.4 Å². The lowest BCUT2D eigenvalue weighted by Crippen LogP contribution is -2.27. The van der Waals surface area contributed by atoms with E-state index in [4.69, 9.17) is 9.84 Å². The molecule has 0 bridgehead atoms. The molecule has 0 saturated heterocycles. The lowest BCUT2D eigenvalue weighted by atomic mass is 10.3. The van der Waals surface area contributed by atoms with Crippen molar-refractivity contribution in [3.63, 3.8) is 0 Å². The van der Waals surface area contributed by atoms with Crippen LogP contribution in [0.25, 0.3) is 0 Å². The molecule has 2 rings (SSSR count). The highest BCUT2D eigenvalue weighted by Crippen LogP contribution is 2.23. The number of rotatable bonds is 6. The van der Waals surface area contributed by atoms with E-state index in [-0.39, 0.29) is 22.6 Å². The summed E-state index contributed by atoms with van der Waals surface area (Å²) >= 11 is 1.05. The van der Waals surface area contributed by atoms with Crippen molar-refractivity contribution in [1.29, 1.82) is 0 Å². The molecule has 0 fully saturated rings. The number of hydrogen-bond donors (Lipinski definition) is 2. The first-order chi connectivity index (χ1) is 11.3. The zero-order valence-corrected chi connectivity index (χ0v) is 14.7. The van der Waals surface area contributed by atoms with Gasteiger partial charge in [0.25, 0.3) is 5.91 Å². The summed E-state index contributed by atoms with van der Waals surface area (Å²) in [5.74, 6) is -1.01. The lowest BCUT2D eigenvalue weighted by molar-refractivity contribution is 0.0701. The predicted octanol–water partition coefficient (Wildman–Crippen LogP) is 2.82. The minimum Gasteiger partial charge on any atom is -0.477 e. The number of amides is 1. The third-order valence-electron chi connectivity index (χ3n) is 3.04. The van der Waals surface area contributed by atoms with Crippen LogP contribution in [0.5, 0.6) is 5.88 Å². The predicted molar refractivity (Wildman–Crippen MR) is 89.7 cm³/mol. The Morgan fingerprint density at radius 1 is 1.25 bits per heavy atom. The number of carbonyl (C=O) groups excluding carboxylic acids is 1. The number of ether oxygens (including phenoxy) is 1. The molecule has 0 radical (unpaired) electrons. The van der Waals surface area contributed by atoms with Crippen LogP contribution in [0.1, 0.15) is 57.7 Å². The Labute approximate surface area is 143 Å². The summed E-state index contributed by atoms with van der Waals surface area (Å²) in [5.41, 5.74) is 0.667. The van der Waals surface area contributed by atoms with E-state index in [1.165, 1.54) is 0 Å². The van der Waals surface area contributed by atoms with Crippen molar-refractivity contribution >= 4 is 23.2 Å². The summed E-state index contributed by atoms with van der Waals surface area (Å²) in [6.45, 7) is 7.13. The molecule has 128 valence electrons. The van der Waals surface area contributed by atoms with Gasteiger partial charge < -0.3 is 15.2 Å². The molecule has 0 aliphatic heterocycles. The molecule has 2 N–H and O–H groups in total. The second-order valence-corrected chi connectivity index (χ2v) is 6.53. The van der Waals surface area contributed by atoms with Crippen LogP contribution in [0, 0.1) is 6.92 Å². The van der Waals surface area contributed by atoms with E-state index in [0.717, 1.165) is 11.3 Å². The van der Waals surface area contributed by atoms with Gasteiger partial charge in [-0.1, -0.05) is 6.07 Å². The standard InChI is InChI=1S/C16H19N3O4S/c1-8(2)23-12-7-5-6-11(19-12)14(20)17-10(4)15-18-9(3)13(24-15)16(21)22/h5-8,10H,1-4H3,(H,17,20)(H,21,22). The van der Waals surface area contributed by atoms with Gasteiger partial charge in [0.2, 0.25) is 5.88 Å². The van der Waals surface area contributed by atoms with E-state index in [2.05, 4.69) is 15.3 Å². The Morgan fingerprint density at radius 2 is 1.96 bits per heavy atom. The molecular weight excluding hydrogens is 330 g/mol. The zero-order chi connectivity index (χ0) is 17.9. The van der Waals surface area contributed by atoms with Gasteiger partial charge in [-0.25, -0.2) is 14.8 Å². The molecular formula is C16H19N3O4S. The number of carbonyl (C=O) groups is 2. The summed E-state index contributed by atoms with van der Waals surface area (Å²) < 4.78 is 5.47. The van der Waals surface area contributed by atoms with Crippen molar-refractivity contribution in [2.24, 2.45) is 0 Å². The van der Waals surface area contributed by atoms with Gasteiger partial charge in [0.1, 0.15) is 15.6 Å². The molecule has 2 aromatic heterocycles. The van der Waals surface area contributed by atoms with Gasteiger partial charge >= 0.3 is 5.97 Å². The van der Waals surface area contributed by atoms with Crippen molar-refractivity contribution in [3.8, 4) is 5.88 Å². The number of thiazole rings is 1. The van der Waals surface area contributed by atoms with Gasteiger partial charge in [0.15, 0.2) is 0 Å². The van der Waals surface area contributed by atoms with Gasteiger partial charge in [0, 0.05) is 6.07 Å². The number of carboxylic acid groups (broad SMARTS) is 1. The van der Waals surface area contributed by atoms with Gasteiger partial charge in [0.05, 0.1) is 17.8 Å². The summed E-state index contributed by atoms with van der Waals surface area (Å²) in [6, 6.07) is 4.54. The Kier molecular flexibility index (Phi) is 5.50. The van der Waals surface area contributed by atoms with Crippen LogP contribution >= 0.6 is 11.3 Å². The maximum atomic E-state index is 12.3. The fourth-order valence-corrected chi connectivity index (χ4v) is 2.89. The number of carboxylic acids is 1. The first kappa shape index (κ1) is 17.9. The third kappa shape index (κ3) is 4.29. The maximum absolute atomic E-state index is 12.3. The van der Waals surface area contributed by atoms with E-state index in [0.29, 0.717) is 16.6 Å². The summed E-state index contributed by atoms with van der Waals surface area (Å²) in [4.78, 5) is 32.0. The molecule has 2 aromatic rings. The maximum Gasteiger partial charge on any atom is 0.347 e. The quantitative estimate of drug-likeness (QED) is 0.831. The smallest absolute Gasteiger partial charge is 0.347 e. The number of aromatic carboxylic acids is 1. The van der Waals surface area contributed by atoms with Crippen molar-refractivity contribution in [2.45, 2.75) is 39.8 Å². The van der Waals surface area contributed by atoms with Gasteiger partial charge in [-0.3, -0.25) is 4.79 Å². The highest BCUT2D eigenvalue weighted by Gasteiger charge is 2.20. The zero-order valence-electron chi connectivity index (χ0n) is 13.9. The van der Waals surface area contributed by atoms with Crippen molar-refractivity contribution in [1.82, 2.24) is 15.3 Å². The second kappa shape index (κ2) is 7.39. The van der Waals surface area contributed by atoms with Gasteiger partial charge in [-0.15, -0.1) is 11.3 Å². The average Bonchev–Trinajstić information content (AvgIpc) is 2.89. The van der Waals surface area contributed by atoms with E-state index < -0.39 is 12.0 Å². The Balaban J connectivity index is 2.11. The third-order valence-corrected chi connectivity index (χ3v) is 4.37. The number of aryl methyl sites for hydroxylation is 1. The Bertz CT molecular complexity index is 758. The largest absolute Gasteiger partial charge is 0.477 e. The highest BCUT2D eigenvalue weighted by atomic mass is 32.1. The molecule has 0 saturated carbocycles. The Morgan fingerprint density at radius 3 is 2.54 bits per heavy atom. The van der Waals surface area contributed by atoms with Crippen LogP contribution in [0.2, 0.25) is 0 Å². The van der Waals surface area contributed by atoms with E-state index >= 15 is 0 Å². The first-order valence-corrected chi connectivity index (χ1v) is 8.24. The number of nitrogens with zero attached hydrogens (tertiary/aromatic N) is 2. The van der Waals surface area contributed by atoms with Crippen LogP contribution in [-0.2, 0) is 0 Å². The van der Waals surface area contributed by atoms with E-state index in [1.54, 1.807) is 32.0 Å². The van der Waals surface area contributed by atoms with Crippen LogP contribution in [0.15, 0.2) is 18.2 Å². The summed E-state index contributed by atoms with van der Waals surface area (Å²) in [7, 11) is 0. The van der Waals surface area contributed by atoms with Gasteiger partial charge in [-0.2, -0.15) is 0 Å². The van der Waals surface area contributed by atoms with E-state index in [1.807, 2.05) is 13.8 Å². The normalized spacial score (nSPS) is 12.0. The minimum absolute atomic E-state index is 0.0394. The van der Waals surface area contributed by atoms with E-state index in [9.17, 15) is 9.59 Å². The van der Waals surface area contributed by atoms with Crippen molar-refractivity contribution in [3.05, 3.63) is 39.5 Å². The summed E-state index contributed by atoms with van der Waals surface area (Å²) in [5, 5.41) is 12.4. The highest BCUT2D eigenvalue weighted by molar-refractivity contribution is 7.13. The average molecular weight is 349 g/mol. The fraction of sp³-hybridized carbons (Fsp3) is 0.375. The molecule has 1 amide bonds. The number of hydrogen-bond acceptors (Lipinski definition) is 6. The molecule has 0 aromatic carbocycles. The molecule has 2 heterocycles. The van der Waals surface area contributed by atoms with Crippen LogP contribution < -0.4 is 10.1 Å². The monoisotopic (exact) mass is 349 g/mol. The lowest BCUT2D eigenvalue weighted by Gasteiger charge is -2.12. The molecule has 8 heteroatoms. The first-order valence-electron chi connectivity index (χ1n) is 7.43. The molecule has 0 spiro atoms. The van der Waals surface area contributed by atoms with Crippen LogP contribution in [-0.4, -0.2) is 33.1 Å². The SMILES string of the molecule is Cc1nc(C(C)NC(=O)c2cccc(OC(C)C)n2)sc1C(=O)O. The Hall–Kier alpha value is -2.48. The molecule has 1 unspecified atom stereocenters. The number of aromatic nitrogens is 2. The topological polar surface area (TPSA) is 101 Å². The molecule has 0 aliphatic rings. The molecule has 0 aliphatic carbocycles. The number of nitrogens with one attached hydrogen (secondary N) is 1. The number of pyridine rings is 1. The van der Waals surface area contributed by atoms with Gasteiger partial charge in [-0.05, 0) is 33.8 Å². The van der Waals surface area contributed by atoms with Crippen LogP contribution in [0.4, 0.5) is 0 Å². The molecule has 7 nitrogen and oxygen atoms in total. The molecule has 24 heavy (non-hydrogen) atoms. The van der Waals surface area contributed by atoms with Crippen molar-refractivity contribution in [2.75, 3.05) is 0 Å². The van der Waals surface area contributed by atoms with Crippen LogP contribution in [0.3, 0.4) is 0 Å².